The molecule has 0 saturated carbocycles. The molecule has 16 heavy (non-hydrogen) atoms. The SMILES string of the molecule is CC(C)CNCCCSc1ccccc1F. The third kappa shape index (κ3) is 5.52. The van der Waals surface area contributed by atoms with E-state index in [1.165, 1.54) is 6.07 Å². The van der Waals surface area contributed by atoms with Gasteiger partial charge in [-0.15, -0.1) is 11.8 Å². The topological polar surface area (TPSA) is 12.0 Å². The summed E-state index contributed by atoms with van der Waals surface area (Å²) in [5.41, 5.74) is 0. The van der Waals surface area contributed by atoms with E-state index in [-0.39, 0.29) is 5.82 Å². The van der Waals surface area contributed by atoms with Gasteiger partial charge in [0.05, 0.1) is 0 Å². The number of rotatable bonds is 7. The highest BCUT2D eigenvalue weighted by atomic mass is 32.2. The zero-order valence-electron chi connectivity index (χ0n) is 10.0. The molecule has 1 aromatic carbocycles. The van der Waals surface area contributed by atoms with E-state index < -0.39 is 0 Å². The number of halogens is 1. The van der Waals surface area contributed by atoms with Crippen LogP contribution in [0.15, 0.2) is 29.2 Å². The lowest BCUT2D eigenvalue weighted by atomic mass is 10.2. The Morgan fingerprint density at radius 3 is 2.75 bits per heavy atom. The number of hydrogen-bond acceptors (Lipinski definition) is 2. The van der Waals surface area contributed by atoms with Crippen LogP contribution in [0.4, 0.5) is 4.39 Å². The molecule has 1 aromatic rings. The van der Waals surface area contributed by atoms with Crippen molar-refractivity contribution in [2.24, 2.45) is 5.92 Å². The van der Waals surface area contributed by atoms with Crippen LogP contribution < -0.4 is 5.32 Å². The van der Waals surface area contributed by atoms with Gasteiger partial charge in [-0.1, -0.05) is 26.0 Å². The lowest BCUT2D eigenvalue weighted by Crippen LogP contribution is -2.21. The zero-order valence-corrected chi connectivity index (χ0v) is 10.8. The molecule has 1 rings (SSSR count). The molecule has 0 aliphatic rings. The Bertz CT molecular complexity index is 302. The summed E-state index contributed by atoms with van der Waals surface area (Å²) in [4.78, 5) is 0.756. The summed E-state index contributed by atoms with van der Waals surface area (Å²) in [6.45, 7) is 6.46. The molecule has 0 bridgehead atoms. The van der Waals surface area contributed by atoms with Gasteiger partial charge in [0.25, 0.3) is 0 Å². The van der Waals surface area contributed by atoms with Gasteiger partial charge in [-0.25, -0.2) is 4.39 Å². The van der Waals surface area contributed by atoms with E-state index in [0.29, 0.717) is 5.92 Å². The van der Waals surface area contributed by atoms with Crippen molar-refractivity contribution in [2.75, 3.05) is 18.8 Å². The minimum Gasteiger partial charge on any atom is -0.316 e. The Kier molecular flexibility index (Phi) is 6.50. The Hall–Kier alpha value is -0.540. The minimum absolute atomic E-state index is 0.109. The van der Waals surface area contributed by atoms with E-state index in [1.807, 2.05) is 12.1 Å². The van der Waals surface area contributed by atoms with E-state index in [1.54, 1.807) is 17.8 Å². The molecule has 90 valence electrons. The van der Waals surface area contributed by atoms with Crippen LogP contribution in [0.5, 0.6) is 0 Å². The fourth-order valence-electron chi connectivity index (χ4n) is 1.33. The normalized spacial score (nSPS) is 11.0. The largest absolute Gasteiger partial charge is 0.316 e. The summed E-state index contributed by atoms with van der Waals surface area (Å²) < 4.78 is 13.2. The summed E-state index contributed by atoms with van der Waals surface area (Å²) in [7, 11) is 0. The smallest absolute Gasteiger partial charge is 0.136 e. The molecule has 0 aliphatic carbocycles. The molecule has 3 heteroatoms. The van der Waals surface area contributed by atoms with Crippen LogP contribution in [0.1, 0.15) is 20.3 Å². The molecule has 0 amide bonds. The fraction of sp³-hybridized carbons (Fsp3) is 0.538. The van der Waals surface area contributed by atoms with Gasteiger partial charge < -0.3 is 5.32 Å². The first-order chi connectivity index (χ1) is 7.70. The van der Waals surface area contributed by atoms with E-state index in [2.05, 4.69) is 19.2 Å². The third-order valence-electron chi connectivity index (χ3n) is 2.14. The number of nitrogens with one attached hydrogen (secondary N) is 1. The first-order valence-electron chi connectivity index (χ1n) is 5.78. The van der Waals surface area contributed by atoms with Crippen molar-refractivity contribution in [1.82, 2.24) is 5.32 Å². The molecule has 0 atom stereocenters. The van der Waals surface area contributed by atoms with Gasteiger partial charge in [-0.3, -0.25) is 0 Å². The first kappa shape index (κ1) is 13.5. The van der Waals surface area contributed by atoms with Crippen molar-refractivity contribution in [3.05, 3.63) is 30.1 Å². The lowest BCUT2D eigenvalue weighted by Gasteiger charge is -2.07. The summed E-state index contributed by atoms with van der Waals surface area (Å²) in [5.74, 6) is 1.55. The van der Waals surface area contributed by atoms with Crippen molar-refractivity contribution in [2.45, 2.75) is 25.2 Å². The van der Waals surface area contributed by atoms with E-state index in [9.17, 15) is 4.39 Å². The number of benzene rings is 1. The average Bonchev–Trinajstić information content (AvgIpc) is 2.25. The molecule has 0 fully saturated rings. The summed E-state index contributed by atoms with van der Waals surface area (Å²) in [5, 5.41) is 3.38. The minimum atomic E-state index is -0.109. The quantitative estimate of drug-likeness (QED) is 0.579. The van der Waals surface area contributed by atoms with E-state index >= 15 is 0 Å². The number of hydrogen-bond donors (Lipinski definition) is 1. The van der Waals surface area contributed by atoms with Crippen LogP contribution in [0, 0.1) is 11.7 Å². The van der Waals surface area contributed by atoms with Crippen LogP contribution in [0.3, 0.4) is 0 Å². The average molecular weight is 241 g/mol. The standard InChI is InChI=1S/C13H20FNS/c1-11(2)10-15-8-5-9-16-13-7-4-3-6-12(13)14/h3-4,6-7,11,15H,5,8-10H2,1-2H3. The van der Waals surface area contributed by atoms with Gasteiger partial charge in [0.1, 0.15) is 5.82 Å². The number of thioether (sulfide) groups is 1. The molecule has 0 spiro atoms. The maximum atomic E-state index is 13.2. The van der Waals surface area contributed by atoms with Crippen LogP contribution in [-0.4, -0.2) is 18.8 Å². The van der Waals surface area contributed by atoms with Crippen molar-refractivity contribution in [3.63, 3.8) is 0 Å². The summed E-state index contributed by atoms with van der Waals surface area (Å²) >= 11 is 1.59. The summed E-state index contributed by atoms with van der Waals surface area (Å²) in [6, 6.07) is 6.95. The van der Waals surface area contributed by atoms with Gasteiger partial charge in [-0.2, -0.15) is 0 Å². The predicted octanol–water partition coefficient (Wildman–Crippen LogP) is 3.55. The maximum Gasteiger partial charge on any atom is 0.136 e. The molecule has 0 saturated heterocycles. The van der Waals surface area contributed by atoms with E-state index in [0.717, 1.165) is 30.2 Å². The van der Waals surface area contributed by atoms with Crippen LogP contribution in [-0.2, 0) is 0 Å². The molecule has 0 radical (unpaired) electrons. The second-order valence-electron chi connectivity index (χ2n) is 4.23. The second kappa shape index (κ2) is 7.69. The van der Waals surface area contributed by atoms with Crippen molar-refractivity contribution >= 4 is 11.8 Å². The zero-order chi connectivity index (χ0) is 11.8. The maximum absolute atomic E-state index is 13.2. The first-order valence-corrected chi connectivity index (χ1v) is 6.76. The van der Waals surface area contributed by atoms with Crippen molar-refractivity contribution < 1.29 is 4.39 Å². The van der Waals surface area contributed by atoms with Crippen molar-refractivity contribution in [1.29, 1.82) is 0 Å². The second-order valence-corrected chi connectivity index (χ2v) is 5.37. The van der Waals surface area contributed by atoms with Gasteiger partial charge in [0.2, 0.25) is 0 Å². The van der Waals surface area contributed by atoms with Crippen LogP contribution >= 0.6 is 11.8 Å². The third-order valence-corrected chi connectivity index (χ3v) is 3.28. The molecule has 1 N–H and O–H groups in total. The molecule has 0 unspecified atom stereocenters. The van der Waals surface area contributed by atoms with Gasteiger partial charge in [0.15, 0.2) is 0 Å². The van der Waals surface area contributed by atoms with Crippen LogP contribution in [0.2, 0.25) is 0 Å². The van der Waals surface area contributed by atoms with Crippen molar-refractivity contribution in [3.8, 4) is 0 Å². The fourth-order valence-corrected chi connectivity index (χ4v) is 2.22. The Balaban J connectivity index is 2.10. The van der Waals surface area contributed by atoms with Gasteiger partial charge in [0, 0.05) is 4.90 Å². The Labute approximate surface area is 102 Å². The molecule has 0 aliphatic heterocycles. The lowest BCUT2D eigenvalue weighted by molar-refractivity contribution is 0.551. The Morgan fingerprint density at radius 1 is 1.31 bits per heavy atom. The Morgan fingerprint density at radius 2 is 2.06 bits per heavy atom. The molecular formula is C13H20FNS. The molecule has 0 heterocycles. The van der Waals surface area contributed by atoms with Crippen LogP contribution in [0.25, 0.3) is 0 Å². The highest BCUT2D eigenvalue weighted by Gasteiger charge is 2.00. The predicted molar refractivity (Wildman–Crippen MR) is 69.4 cm³/mol. The highest BCUT2D eigenvalue weighted by Crippen LogP contribution is 2.21. The monoisotopic (exact) mass is 241 g/mol. The molecule has 0 aromatic heterocycles. The molecule has 1 nitrogen and oxygen atoms in total. The van der Waals surface area contributed by atoms with Gasteiger partial charge >= 0.3 is 0 Å². The highest BCUT2D eigenvalue weighted by molar-refractivity contribution is 7.99. The molecular weight excluding hydrogens is 221 g/mol. The summed E-state index contributed by atoms with van der Waals surface area (Å²) in [6.07, 6.45) is 1.08. The van der Waals surface area contributed by atoms with Gasteiger partial charge in [-0.05, 0) is 43.3 Å². The van der Waals surface area contributed by atoms with E-state index in [4.69, 9.17) is 0 Å².